The molecule has 3 rings (SSSR count). The number of anilines is 1. The van der Waals surface area contributed by atoms with Crippen molar-refractivity contribution in [1.82, 2.24) is 10.2 Å². The molecule has 2 amide bonds. The quantitative estimate of drug-likeness (QED) is 0.316. The van der Waals surface area contributed by atoms with Crippen molar-refractivity contribution < 1.29 is 27.1 Å². The summed E-state index contributed by atoms with van der Waals surface area (Å²) in [7, 11) is -2.65. The van der Waals surface area contributed by atoms with E-state index in [1.807, 2.05) is 6.92 Å². The Labute approximate surface area is 229 Å². The predicted octanol–water partition coefficient (Wildman–Crippen LogP) is 4.36. The minimum Gasteiger partial charge on any atom is -0.497 e. The van der Waals surface area contributed by atoms with Crippen molar-refractivity contribution in [3.63, 3.8) is 0 Å². The van der Waals surface area contributed by atoms with Crippen LogP contribution in [0.1, 0.15) is 32.3 Å². The van der Waals surface area contributed by atoms with E-state index < -0.39 is 34.3 Å². The number of carbonyl (C=O) groups is 2. The van der Waals surface area contributed by atoms with Crippen LogP contribution in [0.25, 0.3) is 0 Å². The van der Waals surface area contributed by atoms with E-state index in [-0.39, 0.29) is 23.0 Å². The molecule has 3 aromatic carbocycles. The van der Waals surface area contributed by atoms with Gasteiger partial charge in [0, 0.05) is 13.1 Å². The molecule has 0 saturated heterocycles. The lowest BCUT2D eigenvalue weighted by atomic mass is 10.1. The first-order valence-electron chi connectivity index (χ1n) is 12.7. The van der Waals surface area contributed by atoms with E-state index in [9.17, 15) is 22.4 Å². The van der Waals surface area contributed by atoms with Gasteiger partial charge in [-0.05, 0) is 67.4 Å². The van der Waals surface area contributed by atoms with E-state index in [0.29, 0.717) is 17.9 Å². The molecule has 3 aromatic rings. The Hall–Kier alpha value is -3.92. The van der Waals surface area contributed by atoms with Gasteiger partial charge in [-0.3, -0.25) is 13.9 Å². The first-order valence-corrected chi connectivity index (χ1v) is 14.1. The highest BCUT2D eigenvalue weighted by Gasteiger charge is 2.32. The second-order valence-electron chi connectivity index (χ2n) is 8.99. The molecule has 1 unspecified atom stereocenters. The van der Waals surface area contributed by atoms with Crippen LogP contribution in [-0.2, 0) is 26.2 Å². The van der Waals surface area contributed by atoms with Gasteiger partial charge in [-0.25, -0.2) is 12.8 Å². The molecule has 0 fully saturated rings. The summed E-state index contributed by atoms with van der Waals surface area (Å²) in [6.07, 6.45) is 1.67. The van der Waals surface area contributed by atoms with Gasteiger partial charge in [-0.1, -0.05) is 43.7 Å². The average Bonchev–Trinajstić information content (AvgIpc) is 2.95. The van der Waals surface area contributed by atoms with E-state index in [4.69, 9.17) is 4.74 Å². The zero-order valence-corrected chi connectivity index (χ0v) is 23.2. The lowest BCUT2D eigenvalue weighted by Gasteiger charge is -2.32. The molecule has 0 aliphatic heterocycles. The number of amides is 2. The topological polar surface area (TPSA) is 96.0 Å². The van der Waals surface area contributed by atoms with Gasteiger partial charge in [0.15, 0.2) is 0 Å². The Morgan fingerprint density at radius 3 is 2.21 bits per heavy atom. The van der Waals surface area contributed by atoms with Crippen LogP contribution in [0.3, 0.4) is 0 Å². The van der Waals surface area contributed by atoms with E-state index in [1.165, 1.54) is 48.4 Å². The third-order valence-corrected chi connectivity index (χ3v) is 8.02. The molecule has 10 heteroatoms. The first-order chi connectivity index (χ1) is 18.7. The Bertz CT molecular complexity index is 1330. The van der Waals surface area contributed by atoms with Crippen LogP contribution < -0.4 is 14.4 Å². The molecular weight excluding hydrogens is 521 g/mol. The number of rotatable bonds is 13. The van der Waals surface area contributed by atoms with Crippen LogP contribution >= 0.6 is 0 Å². The van der Waals surface area contributed by atoms with Crippen molar-refractivity contribution in [2.75, 3.05) is 24.5 Å². The number of nitrogens with zero attached hydrogens (tertiary/aromatic N) is 2. The van der Waals surface area contributed by atoms with Crippen molar-refractivity contribution in [3.05, 3.63) is 90.2 Å². The highest BCUT2D eigenvalue weighted by atomic mass is 32.2. The molecule has 39 heavy (non-hydrogen) atoms. The zero-order valence-electron chi connectivity index (χ0n) is 22.3. The number of methoxy groups -OCH3 is 1. The Morgan fingerprint density at radius 1 is 0.974 bits per heavy atom. The molecule has 208 valence electrons. The second kappa shape index (κ2) is 13.7. The fourth-order valence-corrected chi connectivity index (χ4v) is 5.34. The van der Waals surface area contributed by atoms with Crippen molar-refractivity contribution in [3.8, 4) is 5.75 Å². The molecule has 0 heterocycles. The second-order valence-corrected chi connectivity index (χ2v) is 10.9. The normalized spacial score (nSPS) is 11.9. The van der Waals surface area contributed by atoms with E-state index in [0.717, 1.165) is 17.1 Å². The van der Waals surface area contributed by atoms with Crippen molar-refractivity contribution in [2.24, 2.45) is 0 Å². The number of hydrogen-bond acceptors (Lipinski definition) is 5. The van der Waals surface area contributed by atoms with Gasteiger partial charge in [-0.2, -0.15) is 0 Å². The van der Waals surface area contributed by atoms with Crippen LogP contribution in [0, 0.1) is 5.82 Å². The van der Waals surface area contributed by atoms with Crippen LogP contribution in [-0.4, -0.2) is 51.4 Å². The van der Waals surface area contributed by atoms with Crippen LogP contribution in [0.15, 0.2) is 83.8 Å². The van der Waals surface area contributed by atoms with E-state index >= 15 is 0 Å². The Balaban J connectivity index is 1.98. The highest BCUT2D eigenvalue weighted by Crippen LogP contribution is 2.26. The number of unbranched alkanes of at least 4 members (excludes halogenated alkanes) is 1. The summed E-state index contributed by atoms with van der Waals surface area (Å²) in [5.74, 6) is -0.854. The van der Waals surface area contributed by atoms with Crippen molar-refractivity contribution in [2.45, 2.75) is 44.2 Å². The number of carbonyl (C=O) groups excluding carboxylic acids is 2. The van der Waals surface area contributed by atoms with Crippen LogP contribution in [0.5, 0.6) is 5.75 Å². The highest BCUT2D eigenvalue weighted by molar-refractivity contribution is 7.92. The maximum atomic E-state index is 13.8. The van der Waals surface area contributed by atoms with Crippen molar-refractivity contribution >= 4 is 27.5 Å². The summed E-state index contributed by atoms with van der Waals surface area (Å²) in [6, 6.07) is 18.8. The van der Waals surface area contributed by atoms with Gasteiger partial charge in [-0.15, -0.1) is 0 Å². The molecule has 1 atom stereocenters. The lowest BCUT2D eigenvalue weighted by Crippen LogP contribution is -2.51. The summed E-state index contributed by atoms with van der Waals surface area (Å²) in [4.78, 5) is 28.1. The number of halogens is 1. The largest absolute Gasteiger partial charge is 0.497 e. The molecule has 0 aliphatic rings. The minimum atomic E-state index is -4.15. The van der Waals surface area contributed by atoms with E-state index in [1.54, 1.807) is 49.4 Å². The van der Waals surface area contributed by atoms with Gasteiger partial charge >= 0.3 is 0 Å². The summed E-state index contributed by atoms with van der Waals surface area (Å²) in [6.45, 7) is 3.48. The first kappa shape index (κ1) is 29.6. The van der Waals surface area contributed by atoms with Gasteiger partial charge in [0.1, 0.15) is 24.2 Å². The summed E-state index contributed by atoms with van der Waals surface area (Å²) < 4.78 is 47.2. The predicted molar refractivity (Wildman–Crippen MR) is 148 cm³/mol. The molecule has 0 spiro atoms. The third kappa shape index (κ3) is 7.79. The van der Waals surface area contributed by atoms with Gasteiger partial charge in [0.25, 0.3) is 10.0 Å². The molecular formula is C29H34FN3O5S. The molecule has 0 bridgehead atoms. The third-order valence-electron chi connectivity index (χ3n) is 6.23. The summed E-state index contributed by atoms with van der Waals surface area (Å²) >= 11 is 0. The van der Waals surface area contributed by atoms with Crippen LogP contribution in [0.4, 0.5) is 10.1 Å². The fraction of sp³-hybridized carbons (Fsp3) is 0.310. The standard InChI is InChI=1S/C29H34FN3O5S/c1-4-5-19-31-29(35)22(2)32(20-23-11-13-24(30)14-12-23)28(34)21-33(25-15-17-26(38-3)18-16-25)39(36,37)27-9-7-6-8-10-27/h6-18,22H,4-5,19-21H2,1-3H3,(H,31,35). The Morgan fingerprint density at radius 2 is 1.62 bits per heavy atom. The Kier molecular flexibility index (Phi) is 10.4. The van der Waals surface area contributed by atoms with Gasteiger partial charge in [0.2, 0.25) is 11.8 Å². The van der Waals surface area contributed by atoms with Gasteiger partial charge < -0.3 is 15.0 Å². The SMILES string of the molecule is CCCCNC(=O)C(C)N(Cc1ccc(F)cc1)C(=O)CN(c1ccc(OC)cc1)S(=O)(=O)c1ccccc1. The number of nitrogens with one attached hydrogen (secondary N) is 1. The number of sulfonamides is 1. The molecule has 0 aromatic heterocycles. The maximum Gasteiger partial charge on any atom is 0.264 e. The number of ether oxygens (including phenoxy) is 1. The number of benzene rings is 3. The zero-order chi connectivity index (χ0) is 28.4. The summed E-state index contributed by atoms with van der Waals surface area (Å²) in [5, 5.41) is 2.83. The maximum absolute atomic E-state index is 13.8. The minimum absolute atomic E-state index is 0.0106. The average molecular weight is 556 g/mol. The molecule has 8 nitrogen and oxygen atoms in total. The van der Waals surface area contributed by atoms with Crippen molar-refractivity contribution in [1.29, 1.82) is 0 Å². The number of hydrogen-bond donors (Lipinski definition) is 1. The molecule has 1 N–H and O–H groups in total. The molecule has 0 aliphatic carbocycles. The van der Waals surface area contributed by atoms with Gasteiger partial charge in [0.05, 0.1) is 17.7 Å². The summed E-state index contributed by atoms with van der Waals surface area (Å²) in [5.41, 5.74) is 0.856. The lowest BCUT2D eigenvalue weighted by molar-refractivity contribution is -0.139. The van der Waals surface area contributed by atoms with E-state index in [2.05, 4.69) is 5.32 Å². The smallest absolute Gasteiger partial charge is 0.264 e. The fourth-order valence-electron chi connectivity index (χ4n) is 3.90. The molecule has 0 saturated carbocycles. The monoisotopic (exact) mass is 555 g/mol. The molecule has 0 radical (unpaired) electrons. The van der Waals surface area contributed by atoms with Crippen LogP contribution in [0.2, 0.25) is 0 Å².